The topological polar surface area (TPSA) is 61.4 Å². The smallest absolute Gasteiger partial charge is 0.191 e. The Morgan fingerprint density at radius 3 is 2.83 bits per heavy atom. The van der Waals surface area contributed by atoms with Crippen LogP contribution in [0.5, 0.6) is 0 Å². The van der Waals surface area contributed by atoms with Crippen LogP contribution in [0.2, 0.25) is 5.02 Å². The normalized spacial score (nSPS) is 12.7. The first-order valence-corrected chi connectivity index (χ1v) is 8.08. The van der Waals surface area contributed by atoms with Crippen molar-refractivity contribution in [3.8, 4) is 0 Å². The zero-order valence-corrected chi connectivity index (χ0v) is 14.9. The molecule has 6 heteroatoms. The number of rotatable bonds is 6. The molecule has 5 nitrogen and oxygen atoms in total. The molecule has 1 aromatic heterocycles. The van der Waals surface area contributed by atoms with Gasteiger partial charge in [0.2, 0.25) is 0 Å². The van der Waals surface area contributed by atoms with Gasteiger partial charge in [0, 0.05) is 49.4 Å². The summed E-state index contributed by atoms with van der Waals surface area (Å²) in [5.41, 5.74) is 2.11. The quantitative estimate of drug-likeness (QED) is 0.561. The number of methoxy groups -OCH3 is 1. The number of hydrogen-bond donors (Lipinski definition) is 3. The van der Waals surface area contributed by atoms with Crippen molar-refractivity contribution in [2.24, 2.45) is 4.99 Å². The van der Waals surface area contributed by atoms with E-state index in [1.165, 1.54) is 10.9 Å². The third-order valence-electron chi connectivity index (χ3n) is 3.87. The summed E-state index contributed by atoms with van der Waals surface area (Å²) in [6.07, 6.45) is 2.92. The van der Waals surface area contributed by atoms with E-state index in [9.17, 15) is 0 Å². The lowest BCUT2D eigenvalue weighted by Gasteiger charge is -2.24. The predicted octanol–water partition coefficient (Wildman–Crippen LogP) is 2.95. The Balaban J connectivity index is 1.89. The lowest BCUT2D eigenvalue weighted by Crippen LogP contribution is -2.45. The van der Waals surface area contributed by atoms with Crippen LogP contribution in [0.15, 0.2) is 29.4 Å². The van der Waals surface area contributed by atoms with Crippen LogP contribution >= 0.6 is 11.6 Å². The van der Waals surface area contributed by atoms with Gasteiger partial charge in [-0.05, 0) is 44.0 Å². The van der Waals surface area contributed by atoms with Crippen LogP contribution in [0.25, 0.3) is 10.9 Å². The van der Waals surface area contributed by atoms with Gasteiger partial charge in [0.05, 0.1) is 5.60 Å². The summed E-state index contributed by atoms with van der Waals surface area (Å²) >= 11 is 6.08. The van der Waals surface area contributed by atoms with Crippen LogP contribution in [-0.4, -0.2) is 43.8 Å². The number of nitrogens with one attached hydrogen (secondary N) is 3. The molecule has 2 aromatic rings. The molecule has 0 aliphatic rings. The number of benzene rings is 1. The number of fused-ring (bicyclic) bond motifs is 1. The molecule has 1 aromatic carbocycles. The van der Waals surface area contributed by atoms with Gasteiger partial charge in [-0.2, -0.15) is 0 Å². The summed E-state index contributed by atoms with van der Waals surface area (Å²) in [5.74, 6) is 0.771. The monoisotopic (exact) mass is 336 g/mol. The molecule has 0 unspecified atom stereocenters. The van der Waals surface area contributed by atoms with Crippen molar-refractivity contribution in [2.75, 3.05) is 27.2 Å². The van der Waals surface area contributed by atoms with E-state index in [1.54, 1.807) is 14.2 Å². The Hall–Kier alpha value is -1.72. The maximum atomic E-state index is 6.08. The summed E-state index contributed by atoms with van der Waals surface area (Å²) in [7, 11) is 3.47. The van der Waals surface area contributed by atoms with Gasteiger partial charge >= 0.3 is 0 Å². The molecule has 0 spiro atoms. The van der Waals surface area contributed by atoms with E-state index in [2.05, 4.69) is 20.6 Å². The highest BCUT2D eigenvalue weighted by atomic mass is 35.5. The molecule has 0 saturated carbocycles. The summed E-state index contributed by atoms with van der Waals surface area (Å²) in [6.45, 7) is 5.53. The zero-order chi connectivity index (χ0) is 16.9. The second kappa shape index (κ2) is 7.70. The summed E-state index contributed by atoms with van der Waals surface area (Å²) < 4.78 is 5.39. The van der Waals surface area contributed by atoms with Crippen molar-refractivity contribution in [3.05, 3.63) is 35.0 Å². The highest BCUT2D eigenvalue weighted by Gasteiger charge is 2.16. The Kier molecular flexibility index (Phi) is 5.91. The SMILES string of the molecule is CN=C(NCCc1c[nH]c2ccc(Cl)cc12)NCC(C)(C)OC. The number of aromatic amines is 1. The van der Waals surface area contributed by atoms with Gasteiger partial charge in [0.15, 0.2) is 5.96 Å². The minimum Gasteiger partial charge on any atom is -0.377 e. The van der Waals surface area contributed by atoms with Crippen molar-refractivity contribution in [1.82, 2.24) is 15.6 Å². The lowest BCUT2D eigenvalue weighted by molar-refractivity contribution is 0.0268. The maximum absolute atomic E-state index is 6.08. The number of ether oxygens (including phenoxy) is 1. The molecule has 0 saturated heterocycles. The van der Waals surface area contributed by atoms with Crippen LogP contribution in [0.4, 0.5) is 0 Å². The fraction of sp³-hybridized carbons (Fsp3) is 0.471. The Morgan fingerprint density at radius 1 is 1.35 bits per heavy atom. The molecule has 0 fully saturated rings. The molecule has 23 heavy (non-hydrogen) atoms. The molecular formula is C17H25ClN4O. The Labute approximate surface area is 142 Å². The average molecular weight is 337 g/mol. The van der Waals surface area contributed by atoms with Crippen molar-refractivity contribution in [2.45, 2.75) is 25.9 Å². The van der Waals surface area contributed by atoms with E-state index < -0.39 is 0 Å². The van der Waals surface area contributed by atoms with Gasteiger partial charge in [-0.25, -0.2) is 0 Å². The number of guanidine groups is 1. The van der Waals surface area contributed by atoms with E-state index in [0.29, 0.717) is 6.54 Å². The van der Waals surface area contributed by atoms with Gasteiger partial charge in [-0.1, -0.05) is 11.6 Å². The highest BCUT2D eigenvalue weighted by Crippen LogP contribution is 2.22. The molecule has 0 amide bonds. The van der Waals surface area contributed by atoms with Crippen LogP contribution in [0, 0.1) is 0 Å². The first-order chi connectivity index (χ1) is 10.9. The second-order valence-corrected chi connectivity index (χ2v) is 6.51. The minimum atomic E-state index is -0.231. The van der Waals surface area contributed by atoms with Gasteiger partial charge < -0.3 is 20.4 Å². The molecule has 1 heterocycles. The van der Waals surface area contributed by atoms with Gasteiger partial charge in [0.1, 0.15) is 0 Å². The standard InChI is InChI=1S/C17H25ClN4O/c1-17(2,23-4)11-22-16(19-3)20-8-7-12-10-21-15-6-5-13(18)9-14(12)15/h5-6,9-10,21H,7-8,11H2,1-4H3,(H2,19,20,22). The molecular weight excluding hydrogens is 312 g/mol. The molecule has 0 bridgehead atoms. The number of aromatic nitrogens is 1. The first-order valence-electron chi connectivity index (χ1n) is 7.70. The highest BCUT2D eigenvalue weighted by molar-refractivity contribution is 6.31. The van der Waals surface area contributed by atoms with Gasteiger partial charge in [-0.15, -0.1) is 0 Å². The van der Waals surface area contributed by atoms with Crippen LogP contribution in [0.1, 0.15) is 19.4 Å². The molecule has 2 rings (SSSR count). The minimum absolute atomic E-state index is 0.231. The third kappa shape index (κ3) is 4.88. The summed E-state index contributed by atoms with van der Waals surface area (Å²) in [5, 5.41) is 8.52. The van der Waals surface area contributed by atoms with E-state index in [-0.39, 0.29) is 5.60 Å². The van der Waals surface area contributed by atoms with E-state index >= 15 is 0 Å². The van der Waals surface area contributed by atoms with Crippen molar-refractivity contribution < 1.29 is 4.74 Å². The van der Waals surface area contributed by atoms with Crippen molar-refractivity contribution in [3.63, 3.8) is 0 Å². The molecule has 3 N–H and O–H groups in total. The van der Waals surface area contributed by atoms with Crippen molar-refractivity contribution >= 4 is 28.5 Å². The first kappa shape index (κ1) is 17.6. The predicted molar refractivity (Wildman–Crippen MR) is 97.5 cm³/mol. The number of H-pyrrole nitrogens is 1. The average Bonchev–Trinajstić information content (AvgIpc) is 2.93. The molecule has 0 aliphatic heterocycles. The number of nitrogens with zero attached hydrogens (tertiary/aromatic N) is 1. The maximum Gasteiger partial charge on any atom is 0.191 e. The fourth-order valence-corrected chi connectivity index (χ4v) is 2.43. The largest absolute Gasteiger partial charge is 0.377 e. The van der Waals surface area contributed by atoms with E-state index in [0.717, 1.165) is 29.5 Å². The van der Waals surface area contributed by atoms with Crippen LogP contribution in [0.3, 0.4) is 0 Å². The molecule has 126 valence electrons. The molecule has 0 atom stereocenters. The van der Waals surface area contributed by atoms with E-state index in [1.807, 2.05) is 38.2 Å². The van der Waals surface area contributed by atoms with Crippen LogP contribution in [-0.2, 0) is 11.2 Å². The van der Waals surface area contributed by atoms with Gasteiger partial charge in [-0.3, -0.25) is 4.99 Å². The summed E-state index contributed by atoms with van der Waals surface area (Å²) in [4.78, 5) is 7.50. The fourth-order valence-electron chi connectivity index (χ4n) is 2.26. The lowest BCUT2D eigenvalue weighted by atomic mass is 10.1. The summed E-state index contributed by atoms with van der Waals surface area (Å²) in [6, 6.07) is 5.89. The Morgan fingerprint density at radius 2 is 2.13 bits per heavy atom. The van der Waals surface area contributed by atoms with Gasteiger partial charge in [0.25, 0.3) is 0 Å². The second-order valence-electron chi connectivity index (χ2n) is 6.07. The van der Waals surface area contributed by atoms with E-state index in [4.69, 9.17) is 16.3 Å². The molecule has 0 aliphatic carbocycles. The number of hydrogen-bond acceptors (Lipinski definition) is 2. The zero-order valence-electron chi connectivity index (χ0n) is 14.2. The number of aliphatic imine (C=N–C) groups is 1. The van der Waals surface area contributed by atoms with Crippen LogP contribution < -0.4 is 10.6 Å². The molecule has 0 radical (unpaired) electrons. The third-order valence-corrected chi connectivity index (χ3v) is 4.11. The Bertz CT molecular complexity index is 678. The van der Waals surface area contributed by atoms with Crippen molar-refractivity contribution in [1.29, 1.82) is 0 Å². The number of halogens is 1.